The molecular weight excluding hydrogens is 645 g/mol. The van der Waals surface area contributed by atoms with Gasteiger partial charge in [0.05, 0.1) is 23.3 Å². The molecule has 1 aromatic heterocycles. The summed E-state index contributed by atoms with van der Waals surface area (Å²) in [5.41, 5.74) is -2.84. The molecule has 1 heterocycles. The Kier molecular flexibility index (Phi) is 9.27. The third kappa shape index (κ3) is 8.34. The van der Waals surface area contributed by atoms with Crippen LogP contribution in [-0.2, 0) is 27.4 Å². The van der Waals surface area contributed by atoms with Crippen molar-refractivity contribution < 1.29 is 52.7 Å². The maximum Gasteiger partial charge on any atom is 0.449 e. The number of rotatable bonds is 11. The van der Waals surface area contributed by atoms with Gasteiger partial charge in [0, 0.05) is 29.9 Å². The third-order valence-corrected chi connectivity index (χ3v) is 8.49. The highest BCUT2D eigenvalue weighted by Gasteiger charge is 2.49. The number of benzene rings is 2. The summed E-state index contributed by atoms with van der Waals surface area (Å²) in [6.45, 7) is -0.906. The summed E-state index contributed by atoms with van der Waals surface area (Å²) in [6, 6.07) is 1.78. The molecule has 1 unspecified atom stereocenters. The Hall–Kier alpha value is -4.11. The average Bonchev–Trinajstić information content (AvgIpc) is 3.56. The molecule has 0 bridgehead atoms. The smallest absolute Gasteiger partial charge is 0.336 e. The fourth-order valence-electron chi connectivity index (χ4n) is 4.36. The van der Waals surface area contributed by atoms with Crippen LogP contribution in [0.5, 0.6) is 0 Å². The molecule has 1 aliphatic carbocycles. The second-order valence-corrected chi connectivity index (χ2v) is 12.5. The van der Waals surface area contributed by atoms with Crippen molar-refractivity contribution in [1.82, 2.24) is 20.2 Å². The zero-order valence-corrected chi connectivity index (χ0v) is 23.5. The first-order chi connectivity index (χ1) is 20.8. The number of imidazole rings is 1. The number of carbonyl (C=O) groups is 1. The standard InChI is InChI=1S/C27H22F9N5O3S/c28-16-3-1-15(2-4-16)20-12-41(24(39-20)27(34,35)36)9-10-45(43,44)13-21(23(42)40-25(14-37)7-8-25)38-22(26(31,32)33)18-6-5-17(29)11-19(18)30/h1-6,11-12,21-22,38H,7-10,13H2,(H,40,42)/t21?,22-/m1/s1. The first kappa shape index (κ1) is 33.8. The van der Waals surface area contributed by atoms with E-state index < -0.39 is 92.6 Å². The number of carbonyl (C=O) groups excluding carboxylic acids is 1. The molecule has 2 aromatic carbocycles. The minimum Gasteiger partial charge on any atom is -0.336 e. The van der Waals surface area contributed by atoms with Gasteiger partial charge in [-0.2, -0.15) is 31.6 Å². The Morgan fingerprint density at radius 1 is 1.02 bits per heavy atom. The molecule has 1 aliphatic rings. The van der Waals surface area contributed by atoms with E-state index in [1.54, 1.807) is 11.4 Å². The molecule has 8 nitrogen and oxygen atoms in total. The molecule has 2 atom stereocenters. The molecule has 0 radical (unpaired) electrons. The minimum atomic E-state index is -5.34. The highest BCUT2D eigenvalue weighted by atomic mass is 32.2. The summed E-state index contributed by atoms with van der Waals surface area (Å²) >= 11 is 0. The predicted molar refractivity (Wildman–Crippen MR) is 139 cm³/mol. The molecule has 18 heteroatoms. The fraction of sp³-hybridized carbons (Fsp3) is 0.370. The second-order valence-electron chi connectivity index (χ2n) is 10.3. The molecule has 1 fully saturated rings. The van der Waals surface area contributed by atoms with E-state index in [4.69, 9.17) is 0 Å². The van der Waals surface area contributed by atoms with Crippen LogP contribution < -0.4 is 10.6 Å². The maximum atomic E-state index is 14.4. The number of sulfone groups is 1. The quantitative estimate of drug-likeness (QED) is 0.283. The molecule has 1 saturated carbocycles. The number of amides is 1. The summed E-state index contributed by atoms with van der Waals surface area (Å²) in [6.07, 6.45) is -9.33. The first-order valence-electron chi connectivity index (χ1n) is 12.9. The normalized spacial score (nSPS) is 16.1. The first-order valence-corrected chi connectivity index (χ1v) is 14.8. The lowest BCUT2D eigenvalue weighted by atomic mass is 10.0. The van der Waals surface area contributed by atoms with Gasteiger partial charge in [-0.05, 0) is 43.2 Å². The van der Waals surface area contributed by atoms with Crippen LogP contribution in [0.25, 0.3) is 11.3 Å². The van der Waals surface area contributed by atoms with Crippen molar-refractivity contribution in [2.24, 2.45) is 0 Å². The van der Waals surface area contributed by atoms with Crippen molar-refractivity contribution >= 4 is 15.7 Å². The van der Waals surface area contributed by atoms with E-state index in [1.165, 1.54) is 0 Å². The van der Waals surface area contributed by atoms with Crippen LogP contribution in [0, 0.1) is 28.8 Å². The van der Waals surface area contributed by atoms with E-state index in [1.807, 2.05) is 0 Å². The number of aromatic nitrogens is 2. The maximum absolute atomic E-state index is 14.4. The molecule has 242 valence electrons. The molecule has 45 heavy (non-hydrogen) atoms. The topological polar surface area (TPSA) is 117 Å². The summed E-state index contributed by atoms with van der Waals surface area (Å²) in [7, 11) is -4.67. The molecule has 4 rings (SSSR count). The Balaban J connectivity index is 1.62. The number of hydrogen-bond donors (Lipinski definition) is 2. The number of halogens is 9. The zero-order chi connectivity index (χ0) is 33.4. The van der Waals surface area contributed by atoms with E-state index in [0.717, 1.165) is 30.5 Å². The van der Waals surface area contributed by atoms with Gasteiger partial charge in [0.1, 0.15) is 35.1 Å². The van der Waals surface area contributed by atoms with E-state index in [9.17, 15) is 58.0 Å². The Labute approximate surface area is 249 Å². The van der Waals surface area contributed by atoms with Gasteiger partial charge in [-0.15, -0.1) is 0 Å². The van der Waals surface area contributed by atoms with Crippen LogP contribution in [0.15, 0.2) is 48.7 Å². The zero-order valence-electron chi connectivity index (χ0n) is 22.7. The average molecular weight is 668 g/mol. The predicted octanol–water partition coefficient (Wildman–Crippen LogP) is 4.84. The Morgan fingerprint density at radius 2 is 1.64 bits per heavy atom. The summed E-state index contributed by atoms with van der Waals surface area (Å²) in [4.78, 5) is 16.5. The van der Waals surface area contributed by atoms with Gasteiger partial charge in [-0.25, -0.2) is 26.6 Å². The van der Waals surface area contributed by atoms with Gasteiger partial charge < -0.3 is 9.88 Å². The summed E-state index contributed by atoms with van der Waals surface area (Å²) in [5.74, 6) is -8.95. The number of nitrogens with zero attached hydrogens (tertiary/aromatic N) is 3. The lowest BCUT2D eigenvalue weighted by Gasteiger charge is -2.28. The fourth-order valence-corrected chi connectivity index (χ4v) is 5.75. The van der Waals surface area contributed by atoms with Crippen molar-refractivity contribution in [3.05, 3.63) is 77.5 Å². The SMILES string of the molecule is N#CC1(NC(=O)C(CS(=O)(=O)CCn2cc(-c3ccc(F)cc3)nc2C(F)(F)F)N[C@H](c2ccc(F)cc2F)C(F)(F)F)CC1. The van der Waals surface area contributed by atoms with Crippen molar-refractivity contribution in [3.8, 4) is 17.3 Å². The highest BCUT2D eigenvalue weighted by Crippen LogP contribution is 2.37. The number of hydrogen-bond acceptors (Lipinski definition) is 6. The molecule has 2 N–H and O–H groups in total. The van der Waals surface area contributed by atoms with E-state index in [0.29, 0.717) is 16.7 Å². The van der Waals surface area contributed by atoms with Gasteiger partial charge in [-0.3, -0.25) is 10.1 Å². The number of aryl methyl sites for hydroxylation is 1. The number of nitriles is 1. The van der Waals surface area contributed by atoms with Gasteiger partial charge in [0.2, 0.25) is 11.7 Å². The molecule has 0 saturated heterocycles. The highest BCUT2D eigenvalue weighted by molar-refractivity contribution is 7.91. The number of nitrogens with one attached hydrogen (secondary N) is 2. The van der Waals surface area contributed by atoms with Gasteiger partial charge in [0.15, 0.2) is 9.84 Å². The van der Waals surface area contributed by atoms with Crippen LogP contribution in [0.3, 0.4) is 0 Å². The monoisotopic (exact) mass is 667 g/mol. The molecule has 1 amide bonds. The largest absolute Gasteiger partial charge is 0.449 e. The van der Waals surface area contributed by atoms with Gasteiger partial charge in [0.25, 0.3) is 0 Å². The van der Waals surface area contributed by atoms with Crippen LogP contribution in [-0.4, -0.2) is 53.1 Å². The van der Waals surface area contributed by atoms with E-state index in [-0.39, 0.29) is 30.2 Å². The van der Waals surface area contributed by atoms with E-state index in [2.05, 4.69) is 10.3 Å². The lowest BCUT2D eigenvalue weighted by Crippen LogP contribution is -2.54. The van der Waals surface area contributed by atoms with Crippen LogP contribution >= 0.6 is 0 Å². The minimum absolute atomic E-state index is 0.0714. The molecule has 0 spiro atoms. The summed E-state index contributed by atoms with van der Waals surface area (Å²) < 4.78 is 151. The number of alkyl halides is 6. The molecular formula is C27H22F9N5O3S. The van der Waals surface area contributed by atoms with Crippen molar-refractivity contribution in [2.75, 3.05) is 11.5 Å². The van der Waals surface area contributed by atoms with E-state index >= 15 is 0 Å². The Bertz CT molecular complexity index is 1710. The van der Waals surface area contributed by atoms with Crippen molar-refractivity contribution in [2.45, 2.75) is 49.4 Å². The summed E-state index contributed by atoms with van der Waals surface area (Å²) in [5, 5.41) is 13.2. The van der Waals surface area contributed by atoms with Crippen LogP contribution in [0.4, 0.5) is 39.5 Å². The van der Waals surface area contributed by atoms with Gasteiger partial charge >= 0.3 is 12.4 Å². The van der Waals surface area contributed by atoms with Crippen molar-refractivity contribution in [1.29, 1.82) is 5.26 Å². The Morgan fingerprint density at radius 3 is 2.18 bits per heavy atom. The molecule has 0 aliphatic heterocycles. The van der Waals surface area contributed by atoms with Crippen LogP contribution in [0.1, 0.15) is 30.3 Å². The third-order valence-electron chi connectivity index (χ3n) is 6.85. The lowest BCUT2D eigenvalue weighted by molar-refractivity contribution is -0.161. The van der Waals surface area contributed by atoms with Gasteiger partial charge in [-0.1, -0.05) is 6.07 Å². The second kappa shape index (κ2) is 12.4. The van der Waals surface area contributed by atoms with Crippen molar-refractivity contribution in [3.63, 3.8) is 0 Å². The molecule has 3 aromatic rings. The van der Waals surface area contributed by atoms with Crippen LogP contribution in [0.2, 0.25) is 0 Å².